The molecule has 1 fully saturated rings. The number of nitro benzene ring substituents is 1. The van der Waals surface area contributed by atoms with Crippen LogP contribution in [0.4, 0.5) is 11.4 Å². The number of amides is 2. The molecule has 0 radical (unpaired) electrons. The molecule has 3 aliphatic heterocycles. The van der Waals surface area contributed by atoms with E-state index in [4.69, 9.17) is 0 Å². The van der Waals surface area contributed by atoms with Gasteiger partial charge in [0.05, 0.1) is 21.7 Å². The number of hydrogen-bond donors (Lipinski definition) is 0. The molecule has 0 aromatic heterocycles. The number of non-ortho nitro benzene ring substituents is 1. The van der Waals surface area contributed by atoms with Gasteiger partial charge < -0.3 is 4.90 Å². The third kappa shape index (κ3) is 5.40. The van der Waals surface area contributed by atoms with Crippen LogP contribution in [-0.4, -0.2) is 76.1 Å². The van der Waals surface area contributed by atoms with Gasteiger partial charge in [0.15, 0.2) is 0 Å². The van der Waals surface area contributed by atoms with Crippen molar-refractivity contribution in [1.82, 2.24) is 14.7 Å². The zero-order chi connectivity index (χ0) is 28.3. The number of allylic oxidation sites excluding steroid dienone is 1. The maximum Gasteiger partial charge on any atom is 0.270 e. The van der Waals surface area contributed by atoms with E-state index >= 15 is 0 Å². The van der Waals surface area contributed by atoms with Crippen LogP contribution in [0.15, 0.2) is 95.7 Å². The first-order valence-corrected chi connectivity index (χ1v) is 15.1. The van der Waals surface area contributed by atoms with Gasteiger partial charge in [0, 0.05) is 49.8 Å². The lowest BCUT2D eigenvalue weighted by Gasteiger charge is -2.40. The van der Waals surface area contributed by atoms with Gasteiger partial charge >= 0.3 is 0 Å². The zero-order valence-corrected chi connectivity index (χ0v) is 23.4. The van der Waals surface area contributed by atoms with Crippen LogP contribution in [0.2, 0.25) is 0 Å². The lowest BCUT2D eigenvalue weighted by molar-refractivity contribution is -0.384. The van der Waals surface area contributed by atoms with Crippen LogP contribution in [0.25, 0.3) is 0 Å². The summed E-state index contributed by atoms with van der Waals surface area (Å²) >= 11 is 0. The minimum atomic E-state index is -0.552. The van der Waals surface area contributed by atoms with Gasteiger partial charge in [0.2, 0.25) is 0 Å². The van der Waals surface area contributed by atoms with Crippen molar-refractivity contribution in [1.29, 1.82) is 0 Å². The number of benzene rings is 3. The highest BCUT2D eigenvalue weighted by Crippen LogP contribution is 2.42. The molecule has 1 atom stereocenters. The molecule has 41 heavy (non-hydrogen) atoms. The number of nitrogens with zero attached hydrogens (tertiary/aromatic N) is 5. The highest BCUT2D eigenvalue weighted by Gasteiger charge is 2.36. The van der Waals surface area contributed by atoms with E-state index in [1.807, 2.05) is 6.07 Å². The lowest BCUT2D eigenvalue weighted by Crippen LogP contribution is -2.48. The van der Waals surface area contributed by atoms with E-state index in [0.29, 0.717) is 13.0 Å². The number of anilines is 1. The summed E-state index contributed by atoms with van der Waals surface area (Å²) in [7, 11) is -0.184. The van der Waals surface area contributed by atoms with Gasteiger partial charge in [-0.2, -0.15) is 0 Å². The Morgan fingerprint density at radius 1 is 0.780 bits per heavy atom. The molecule has 1 unspecified atom stereocenters. The number of fused-ring (bicyclic) bond motifs is 1. The highest BCUT2D eigenvalue weighted by atomic mass is 32.2. The van der Waals surface area contributed by atoms with Crippen molar-refractivity contribution in [2.45, 2.75) is 17.7 Å². The van der Waals surface area contributed by atoms with E-state index in [1.165, 1.54) is 39.5 Å². The summed E-state index contributed by atoms with van der Waals surface area (Å²) in [6, 6.07) is 25.0. The number of piperazine rings is 1. The summed E-state index contributed by atoms with van der Waals surface area (Å²) in [4.78, 5) is 43.4. The van der Waals surface area contributed by atoms with Gasteiger partial charge in [0.25, 0.3) is 17.5 Å². The first-order chi connectivity index (χ1) is 20.0. The van der Waals surface area contributed by atoms with Gasteiger partial charge in [0.1, 0.15) is 5.82 Å². The average molecular weight is 570 g/mol. The van der Waals surface area contributed by atoms with Crippen LogP contribution in [0.5, 0.6) is 0 Å². The Kier molecular flexibility index (Phi) is 7.67. The molecule has 3 aromatic rings. The number of carbonyl (C=O) groups is 2. The molecule has 0 saturated carbocycles. The summed E-state index contributed by atoms with van der Waals surface area (Å²) < 4.78 is 2.45. The Morgan fingerprint density at radius 3 is 2.15 bits per heavy atom. The molecule has 3 aliphatic rings. The van der Waals surface area contributed by atoms with E-state index < -0.39 is 10.8 Å². The summed E-state index contributed by atoms with van der Waals surface area (Å²) in [6.45, 7) is 4.94. The van der Waals surface area contributed by atoms with E-state index in [1.54, 1.807) is 0 Å². The molecular weight excluding hydrogens is 538 g/mol. The van der Waals surface area contributed by atoms with Crippen molar-refractivity contribution in [3.8, 4) is 0 Å². The van der Waals surface area contributed by atoms with Gasteiger partial charge in [-0.1, -0.05) is 47.1 Å². The van der Waals surface area contributed by atoms with Crippen molar-refractivity contribution >= 4 is 39.2 Å². The number of carbonyl (C=O) groups excluding carboxylic acids is 2. The van der Waals surface area contributed by atoms with Crippen molar-refractivity contribution in [3.05, 3.63) is 112 Å². The summed E-state index contributed by atoms with van der Waals surface area (Å²) in [5.41, 5.74) is 1.37. The van der Waals surface area contributed by atoms with Crippen molar-refractivity contribution in [3.63, 3.8) is 0 Å². The number of unbranched alkanes of at least 4 members (excludes halogenated alkanes) is 1. The average Bonchev–Trinajstić information content (AvgIpc) is 3.56. The molecule has 0 spiro atoms. The highest BCUT2D eigenvalue weighted by molar-refractivity contribution is 8.16. The number of para-hydroxylation sites is 1. The molecule has 210 valence electrons. The SMILES string of the molecule is O=C1c2ccc([N+](=O)[O-])cc2C(=O)N1CCCCN1CCN(C2=CC=S(c3ccccc3)N2c2ccccc2)CC1. The van der Waals surface area contributed by atoms with Crippen LogP contribution in [0, 0.1) is 10.1 Å². The predicted molar refractivity (Wildman–Crippen MR) is 161 cm³/mol. The molecule has 9 nitrogen and oxygen atoms in total. The number of imide groups is 1. The van der Waals surface area contributed by atoms with E-state index in [-0.39, 0.29) is 33.4 Å². The second kappa shape index (κ2) is 11.7. The van der Waals surface area contributed by atoms with E-state index in [9.17, 15) is 19.7 Å². The van der Waals surface area contributed by atoms with Crippen molar-refractivity contribution in [2.75, 3.05) is 43.6 Å². The molecule has 1 saturated heterocycles. The molecule has 2 amide bonds. The fourth-order valence-electron chi connectivity index (χ4n) is 5.54. The number of nitro groups is 1. The second-order valence-corrected chi connectivity index (χ2v) is 11.9. The Balaban J connectivity index is 1.01. The van der Waals surface area contributed by atoms with Crippen LogP contribution < -0.4 is 4.31 Å². The Morgan fingerprint density at radius 2 is 1.44 bits per heavy atom. The van der Waals surface area contributed by atoms with E-state index in [2.05, 4.69) is 80.1 Å². The third-order valence-corrected chi connectivity index (χ3v) is 9.63. The quantitative estimate of drug-likeness (QED) is 0.118. The molecule has 0 N–H and O–H groups in total. The summed E-state index contributed by atoms with van der Waals surface area (Å²) in [5, 5.41) is 13.4. The second-order valence-electron chi connectivity index (χ2n) is 10.2. The fraction of sp³-hybridized carbons (Fsp3) is 0.258. The van der Waals surface area contributed by atoms with Crippen molar-refractivity contribution in [2.24, 2.45) is 0 Å². The topological polar surface area (TPSA) is 90.2 Å². The number of rotatable bonds is 9. The van der Waals surface area contributed by atoms with Crippen LogP contribution >= 0.6 is 10.7 Å². The normalized spacial score (nSPS) is 18.9. The minimum absolute atomic E-state index is 0.124. The summed E-state index contributed by atoms with van der Waals surface area (Å²) in [5.74, 6) is 0.419. The Hall–Kier alpha value is -4.28. The van der Waals surface area contributed by atoms with Gasteiger partial charge in [-0.3, -0.25) is 33.8 Å². The zero-order valence-electron chi connectivity index (χ0n) is 22.6. The Bertz CT molecular complexity index is 1530. The monoisotopic (exact) mass is 569 g/mol. The lowest BCUT2D eigenvalue weighted by atomic mass is 10.1. The van der Waals surface area contributed by atoms with Crippen molar-refractivity contribution < 1.29 is 14.5 Å². The maximum absolute atomic E-state index is 12.7. The minimum Gasteiger partial charge on any atom is -0.355 e. The van der Waals surface area contributed by atoms with Gasteiger partial charge in [-0.25, -0.2) is 0 Å². The van der Waals surface area contributed by atoms with Crippen LogP contribution in [0.3, 0.4) is 0 Å². The number of hydrogen-bond acceptors (Lipinski definition) is 7. The predicted octanol–water partition coefficient (Wildman–Crippen LogP) is 5.00. The Labute approximate surface area is 241 Å². The smallest absolute Gasteiger partial charge is 0.270 e. The van der Waals surface area contributed by atoms with Crippen LogP contribution in [0.1, 0.15) is 33.6 Å². The first-order valence-electron chi connectivity index (χ1n) is 13.8. The maximum atomic E-state index is 12.7. The third-order valence-electron chi connectivity index (χ3n) is 7.69. The summed E-state index contributed by atoms with van der Waals surface area (Å²) in [6.07, 6.45) is 3.81. The van der Waals surface area contributed by atoms with Gasteiger partial charge in [-0.15, -0.1) is 0 Å². The largest absolute Gasteiger partial charge is 0.355 e. The molecule has 0 bridgehead atoms. The van der Waals surface area contributed by atoms with Crippen LogP contribution in [-0.2, 0) is 0 Å². The molecule has 6 rings (SSSR count). The standard InChI is InChI=1S/C31H31N5O4S/c37-30-27-14-13-25(36(39)40)23-28(27)31(38)34(30)17-8-7-16-32-18-20-33(21-19-32)29-15-22-41(26-11-5-2-6-12-26)35(29)24-9-3-1-4-10-24/h1-6,9-15,22-23H,7-8,16-21H2. The first kappa shape index (κ1) is 26.9. The molecule has 3 heterocycles. The molecule has 10 heteroatoms. The van der Waals surface area contributed by atoms with E-state index in [0.717, 1.165) is 39.1 Å². The molecule has 3 aromatic carbocycles. The molecular formula is C31H31N5O4S. The fourth-order valence-corrected chi connectivity index (χ4v) is 7.45. The molecule has 0 aliphatic carbocycles. The van der Waals surface area contributed by atoms with Gasteiger partial charge in [-0.05, 0) is 61.2 Å².